The van der Waals surface area contributed by atoms with Crippen molar-refractivity contribution in [1.29, 1.82) is 0 Å². The first-order chi connectivity index (χ1) is 12.2. The molecular weight excluding hydrogens is 472 g/mol. The summed E-state index contributed by atoms with van der Waals surface area (Å²) in [6.45, 7) is -2.66. The van der Waals surface area contributed by atoms with E-state index in [0.29, 0.717) is 0 Å². The van der Waals surface area contributed by atoms with Crippen LogP contribution in [0.5, 0.6) is 0 Å². The first kappa shape index (κ1) is 25.9. The van der Waals surface area contributed by atoms with Crippen molar-refractivity contribution < 1.29 is 67.6 Å². The quantitative estimate of drug-likeness (QED) is 0.144. The molecule has 166 valence electrons. The lowest BCUT2D eigenvalue weighted by Crippen LogP contribution is -2.43. The molecule has 10 N–H and O–H groups in total. The second kappa shape index (κ2) is 8.18. The molecule has 1 aliphatic heterocycles. The van der Waals surface area contributed by atoms with Crippen molar-refractivity contribution in [3.05, 3.63) is 12.4 Å². The van der Waals surface area contributed by atoms with Crippen LogP contribution < -0.4 is 0 Å². The van der Waals surface area contributed by atoms with Crippen LogP contribution in [0.1, 0.15) is 0 Å². The van der Waals surface area contributed by atoms with E-state index < -0.39 is 66.7 Å². The van der Waals surface area contributed by atoms with Gasteiger partial charge in [-0.15, -0.1) is 0 Å². The maximum absolute atomic E-state index is 11.5. The molecule has 0 aromatic rings. The first-order valence-corrected chi connectivity index (χ1v) is 13.6. The summed E-state index contributed by atoms with van der Waals surface area (Å²) in [7, 11) is -22.0. The van der Waals surface area contributed by atoms with Gasteiger partial charge < -0.3 is 59.2 Å². The van der Waals surface area contributed by atoms with Gasteiger partial charge in [-0.3, -0.25) is 18.3 Å². The molecular formula is C8H20N2O14P4. The number of rotatable bonds is 9. The van der Waals surface area contributed by atoms with Crippen LogP contribution in [-0.4, -0.2) is 95.5 Å². The van der Waals surface area contributed by atoms with Crippen molar-refractivity contribution >= 4 is 30.4 Å². The van der Waals surface area contributed by atoms with Crippen LogP contribution in [0.25, 0.3) is 0 Å². The van der Waals surface area contributed by atoms with Gasteiger partial charge in [-0.25, -0.2) is 0 Å². The summed E-state index contributed by atoms with van der Waals surface area (Å²) in [6, 6.07) is 0. The molecule has 0 aromatic heterocycles. The minimum atomic E-state index is -5.74. The van der Waals surface area contributed by atoms with Crippen LogP contribution in [0.2, 0.25) is 0 Å². The molecule has 0 saturated heterocycles. The van der Waals surface area contributed by atoms with Crippen molar-refractivity contribution in [1.82, 2.24) is 9.80 Å². The van der Waals surface area contributed by atoms with Gasteiger partial charge in [0.25, 0.3) is 5.08 Å². The van der Waals surface area contributed by atoms with E-state index in [1.807, 2.05) is 0 Å². The van der Waals surface area contributed by atoms with Gasteiger partial charge in [-0.2, -0.15) is 0 Å². The van der Waals surface area contributed by atoms with Crippen LogP contribution >= 0.6 is 30.4 Å². The van der Waals surface area contributed by atoms with Crippen LogP contribution in [0.4, 0.5) is 0 Å². The monoisotopic (exact) mass is 492 g/mol. The summed E-state index contributed by atoms with van der Waals surface area (Å²) in [4.78, 5) is 74.4. The summed E-state index contributed by atoms with van der Waals surface area (Å²) in [5.74, 6) is -2.72. The average Bonchev–Trinajstić information content (AvgIpc) is 2.86. The predicted molar refractivity (Wildman–Crippen MR) is 90.3 cm³/mol. The van der Waals surface area contributed by atoms with Gasteiger partial charge >= 0.3 is 30.4 Å². The number of β-amino-alcohol motifs (C(OH)–C–C–N with tert-alkyl or cyclic N) is 1. The fraction of sp³-hybridized carbons (Fsp3) is 0.750. The van der Waals surface area contributed by atoms with Crippen molar-refractivity contribution in [2.24, 2.45) is 0 Å². The zero-order valence-corrected chi connectivity index (χ0v) is 17.3. The third-order valence-electron chi connectivity index (χ3n) is 3.74. The highest BCUT2D eigenvalue weighted by Gasteiger charge is 2.60. The molecule has 2 atom stereocenters. The number of nitrogens with zero attached hydrogens (tertiary/aromatic N) is 2. The Morgan fingerprint density at radius 1 is 0.821 bits per heavy atom. The van der Waals surface area contributed by atoms with Crippen molar-refractivity contribution in [3.8, 4) is 0 Å². The van der Waals surface area contributed by atoms with Crippen LogP contribution in [-0.2, 0) is 18.3 Å². The van der Waals surface area contributed by atoms with Gasteiger partial charge in [0.15, 0.2) is 5.85 Å². The van der Waals surface area contributed by atoms with Gasteiger partial charge in [-0.05, 0) is 0 Å². The minimum absolute atomic E-state index is 0.535. The summed E-state index contributed by atoms with van der Waals surface area (Å²) in [5, 5.41) is 15.6. The molecule has 0 fully saturated rings. The normalized spacial score (nSPS) is 19.2. The van der Waals surface area contributed by atoms with Gasteiger partial charge in [0.1, 0.15) is 5.66 Å². The Hall–Kier alpha value is -0.140. The lowest BCUT2D eigenvalue weighted by Gasteiger charge is -2.34. The lowest BCUT2D eigenvalue weighted by atomic mass is 10.4. The van der Waals surface area contributed by atoms with Gasteiger partial charge in [-0.1, -0.05) is 0 Å². The molecule has 0 aliphatic carbocycles. The highest BCUT2D eigenvalue weighted by Crippen LogP contribution is 2.67. The zero-order valence-electron chi connectivity index (χ0n) is 13.7. The van der Waals surface area contributed by atoms with E-state index in [0.717, 1.165) is 22.2 Å². The zero-order chi connectivity index (χ0) is 22.3. The Balaban J connectivity index is 2.99. The Bertz CT molecular complexity index is 769. The van der Waals surface area contributed by atoms with E-state index in [2.05, 4.69) is 0 Å². The molecule has 20 heteroatoms. The first-order valence-electron chi connectivity index (χ1n) is 6.99. The largest absolute Gasteiger partial charge is 0.380 e. The van der Waals surface area contributed by atoms with Gasteiger partial charge in [0.05, 0.1) is 13.2 Å². The molecule has 1 rings (SSSR count). The molecule has 0 spiro atoms. The Kier molecular flexibility index (Phi) is 7.57. The summed E-state index contributed by atoms with van der Waals surface area (Å²) < 4.78 is 45.3. The van der Waals surface area contributed by atoms with E-state index >= 15 is 0 Å². The standard InChI is InChI=1S/C8H20N2O14P4/c11-7(26(16,17)18)6(25(13,14)15)3-9-1-2-10(5-9)4-8(12,27(19,20)21)28(22,23)24/h1-2,6-7,11-12H,3-5H2,(H2,13,14,15)(H2,16,17,18)(H2,19,20,21)(H2,22,23,24). The third kappa shape index (κ3) is 5.94. The molecule has 1 aliphatic rings. The fourth-order valence-corrected chi connectivity index (χ4v) is 6.65. The predicted octanol–water partition coefficient (Wildman–Crippen LogP) is -2.92. The van der Waals surface area contributed by atoms with Gasteiger partial charge in [0.2, 0.25) is 0 Å². The molecule has 2 unspecified atom stereocenters. The van der Waals surface area contributed by atoms with E-state index in [1.54, 1.807) is 0 Å². The molecule has 0 amide bonds. The molecule has 0 saturated carbocycles. The van der Waals surface area contributed by atoms with Crippen molar-refractivity contribution in [2.75, 3.05) is 19.8 Å². The molecule has 0 aromatic carbocycles. The van der Waals surface area contributed by atoms with E-state index in [9.17, 15) is 38.3 Å². The lowest BCUT2D eigenvalue weighted by molar-refractivity contribution is 0.0937. The molecule has 1 heterocycles. The summed E-state index contributed by atoms with van der Waals surface area (Å²) in [6.07, 6.45) is 1.96. The highest BCUT2D eigenvalue weighted by atomic mass is 31.2. The second-order valence-corrected chi connectivity index (χ2v) is 13.5. The number of hydrogen-bond donors (Lipinski definition) is 10. The summed E-state index contributed by atoms with van der Waals surface area (Å²) >= 11 is 0. The fourth-order valence-electron chi connectivity index (χ4n) is 2.20. The maximum atomic E-state index is 11.5. The third-order valence-corrected chi connectivity index (χ3v) is 10.0. The Morgan fingerprint density at radius 2 is 1.25 bits per heavy atom. The van der Waals surface area contributed by atoms with E-state index in [1.165, 1.54) is 0 Å². The van der Waals surface area contributed by atoms with Crippen molar-refractivity contribution in [3.63, 3.8) is 0 Å². The van der Waals surface area contributed by atoms with Crippen molar-refractivity contribution in [2.45, 2.75) is 16.6 Å². The average molecular weight is 492 g/mol. The number of aliphatic hydroxyl groups is 2. The van der Waals surface area contributed by atoms with E-state index in [4.69, 9.17) is 29.4 Å². The van der Waals surface area contributed by atoms with Crippen LogP contribution in [0.15, 0.2) is 12.4 Å². The summed E-state index contributed by atoms with van der Waals surface area (Å²) in [5.41, 5.74) is -2.25. The SMILES string of the molecule is O=P(O)(O)C(O)C(CN1C=CN(CC(O)(P(=O)(O)O)P(=O)(O)O)C1)P(=O)(O)O. The molecule has 16 nitrogen and oxygen atoms in total. The Labute approximate surface area is 157 Å². The topological polar surface area (TPSA) is 277 Å². The molecule has 0 bridgehead atoms. The number of aliphatic hydroxyl groups excluding tert-OH is 1. The van der Waals surface area contributed by atoms with Crippen LogP contribution in [0, 0.1) is 0 Å². The molecule has 0 radical (unpaired) electrons. The van der Waals surface area contributed by atoms with Crippen LogP contribution in [0.3, 0.4) is 0 Å². The van der Waals surface area contributed by atoms with Gasteiger partial charge in [0, 0.05) is 18.9 Å². The number of hydrogen-bond acceptors (Lipinski definition) is 8. The second-order valence-electron chi connectivity index (χ2n) is 5.98. The van der Waals surface area contributed by atoms with E-state index in [-0.39, 0.29) is 0 Å². The molecule has 28 heavy (non-hydrogen) atoms. The maximum Gasteiger partial charge on any atom is 0.371 e. The minimum Gasteiger partial charge on any atom is -0.380 e. The highest BCUT2D eigenvalue weighted by molar-refractivity contribution is 7.72. The Morgan fingerprint density at radius 3 is 1.61 bits per heavy atom. The smallest absolute Gasteiger partial charge is 0.371 e.